The smallest absolute Gasteiger partial charge is 0.308 e. The first-order chi connectivity index (χ1) is 10.1. The number of hydrogen-bond donors (Lipinski definition) is 1. The van der Waals surface area contributed by atoms with Crippen molar-refractivity contribution in [3.05, 3.63) is 18.1 Å². The Morgan fingerprint density at radius 1 is 1.38 bits per heavy atom. The predicted molar refractivity (Wildman–Crippen MR) is 80.3 cm³/mol. The molecular weight excluding hydrogens is 266 g/mol. The number of aliphatic carboxylic acids is 1. The Kier molecular flexibility index (Phi) is 3.83. The van der Waals surface area contributed by atoms with Crippen molar-refractivity contribution in [2.45, 2.75) is 45.4 Å². The highest BCUT2D eigenvalue weighted by Gasteiger charge is 2.50. The number of anilines is 1. The summed E-state index contributed by atoms with van der Waals surface area (Å²) in [5.41, 5.74) is 0.956. The molecule has 1 saturated carbocycles. The number of nitrogens with zero attached hydrogens (tertiary/aromatic N) is 3. The van der Waals surface area contributed by atoms with Crippen molar-refractivity contribution in [1.29, 1.82) is 0 Å². The molecule has 0 radical (unpaired) electrons. The molecule has 21 heavy (non-hydrogen) atoms. The molecule has 0 aromatic carbocycles. The standard InChI is InChI=1S/C16H23N3O2/c1-2-12-8-14(18-11-17-12)19-9-13(15(20)21)16(10-19)6-4-3-5-7-16/h8,11,13H,2-7,9-10H2,1H3,(H,20,21)/t13-/m0/s1. The van der Waals surface area contributed by atoms with Crippen LogP contribution in [0.25, 0.3) is 0 Å². The molecule has 1 aromatic heterocycles. The van der Waals surface area contributed by atoms with E-state index < -0.39 is 5.97 Å². The van der Waals surface area contributed by atoms with Crippen LogP contribution in [0.15, 0.2) is 12.4 Å². The van der Waals surface area contributed by atoms with Gasteiger partial charge in [0, 0.05) is 30.3 Å². The van der Waals surface area contributed by atoms with Crippen LogP contribution in [0.1, 0.15) is 44.7 Å². The minimum absolute atomic E-state index is 0.0542. The fourth-order valence-electron chi connectivity index (χ4n) is 4.00. The normalized spacial score (nSPS) is 24.4. The summed E-state index contributed by atoms with van der Waals surface area (Å²) in [6.45, 7) is 3.47. The summed E-state index contributed by atoms with van der Waals surface area (Å²) in [6.07, 6.45) is 8.08. The second-order valence-corrected chi connectivity index (χ2v) is 6.42. The van der Waals surface area contributed by atoms with Crippen LogP contribution in [0, 0.1) is 11.3 Å². The molecule has 0 bridgehead atoms. The van der Waals surface area contributed by atoms with Crippen molar-refractivity contribution in [2.75, 3.05) is 18.0 Å². The molecule has 3 rings (SSSR count). The number of carboxylic acids is 1. The quantitative estimate of drug-likeness (QED) is 0.926. The summed E-state index contributed by atoms with van der Waals surface area (Å²) in [5.74, 6) is -0.0300. The van der Waals surface area contributed by atoms with Gasteiger partial charge in [0.25, 0.3) is 0 Å². The minimum Gasteiger partial charge on any atom is -0.481 e. The Bertz CT molecular complexity index is 526. The summed E-state index contributed by atoms with van der Waals surface area (Å²) in [5, 5.41) is 9.64. The van der Waals surface area contributed by atoms with Crippen LogP contribution in [0.3, 0.4) is 0 Å². The van der Waals surface area contributed by atoms with E-state index in [-0.39, 0.29) is 11.3 Å². The van der Waals surface area contributed by atoms with E-state index in [0.717, 1.165) is 50.2 Å². The molecule has 5 heteroatoms. The van der Waals surface area contributed by atoms with Gasteiger partial charge in [0.05, 0.1) is 5.92 Å². The third-order valence-corrected chi connectivity index (χ3v) is 5.19. The van der Waals surface area contributed by atoms with Crippen molar-refractivity contribution < 1.29 is 9.90 Å². The largest absolute Gasteiger partial charge is 0.481 e. The van der Waals surface area contributed by atoms with Gasteiger partial charge < -0.3 is 10.0 Å². The van der Waals surface area contributed by atoms with Gasteiger partial charge >= 0.3 is 5.97 Å². The van der Waals surface area contributed by atoms with E-state index in [1.807, 2.05) is 6.07 Å². The van der Waals surface area contributed by atoms with Crippen LogP contribution in [0.5, 0.6) is 0 Å². The third kappa shape index (κ3) is 2.61. The number of aromatic nitrogens is 2. The fourth-order valence-corrected chi connectivity index (χ4v) is 4.00. The SMILES string of the molecule is CCc1cc(N2C[C@@H](C(=O)O)C3(CCCCC3)C2)ncn1. The lowest BCUT2D eigenvalue weighted by Gasteiger charge is -2.36. The van der Waals surface area contributed by atoms with E-state index in [2.05, 4.69) is 21.8 Å². The van der Waals surface area contributed by atoms with Gasteiger partial charge in [-0.05, 0) is 19.3 Å². The average Bonchev–Trinajstić information content (AvgIpc) is 2.87. The van der Waals surface area contributed by atoms with E-state index in [1.165, 1.54) is 6.42 Å². The molecule has 0 unspecified atom stereocenters. The number of hydrogen-bond acceptors (Lipinski definition) is 4. The first-order valence-corrected chi connectivity index (χ1v) is 7.93. The molecule has 1 saturated heterocycles. The van der Waals surface area contributed by atoms with Crippen LogP contribution in [-0.4, -0.2) is 34.1 Å². The molecular formula is C16H23N3O2. The number of carboxylic acid groups (broad SMARTS) is 1. The lowest BCUT2D eigenvalue weighted by Crippen LogP contribution is -2.36. The highest BCUT2D eigenvalue weighted by Crippen LogP contribution is 2.48. The van der Waals surface area contributed by atoms with Crippen LogP contribution >= 0.6 is 0 Å². The molecule has 1 atom stereocenters. The Morgan fingerprint density at radius 3 is 2.81 bits per heavy atom. The van der Waals surface area contributed by atoms with Gasteiger partial charge in [-0.1, -0.05) is 26.2 Å². The van der Waals surface area contributed by atoms with E-state index in [0.29, 0.717) is 6.54 Å². The summed E-state index contributed by atoms with van der Waals surface area (Å²) >= 11 is 0. The monoisotopic (exact) mass is 289 g/mol. The molecule has 2 fully saturated rings. The van der Waals surface area contributed by atoms with Crippen molar-refractivity contribution >= 4 is 11.8 Å². The maximum absolute atomic E-state index is 11.7. The van der Waals surface area contributed by atoms with Crippen molar-refractivity contribution in [1.82, 2.24) is 9.97 Å². The highest BCUT2D eigenvalue weighted by atomic mass is 16.4. The Labute approximate surface area is 125 Å². The summed E-state index contributed by atoms with van der Waals surface area (Å²) < 4.78 is 0. The maximum atomic E-state index is 11.7. The van der Waals surface area contributed by atoms with Gasteiger partial charge in [0.2, 0.25) is 0 Å². The molecule has 1 aliphatic carbocycles. The van der Waals surface area contributed by atoms with E-state index in [1.54, 1.807) is 6.33 Å². The summed E-state index contributed by atoms with van der Waals surface area (Å²) in [7, 11) is 0. The van der Waals surface area contributed by atoms with Gasteiger partial charge in [-0.3, -0.25) is 4.79 Å². The molecule has 2 aliphatic rings. The zero-order chi connectivity index (χ0) is 14.9. The molecule has 1 aliphatic heterocycles. The first kappa shape index (κ1) is 14.3. The number of aryl methyl sites for hydroxylation is 1. The Morgan fingerprint density at radius 2 is 2.14 bits per heavy atom. The van der Waals surface area contributed by atoms with Crippen molar-refractivity contribution in [2.24, 2.45) is 11.3 Å². The van der Waals surface area contributed by atoms with Crippen LogP contribution in [-0.2, 0) is 11.2 Å². The van der Waals surface area contributed by atoms with Gasteiger partial charge in [0.15, 0.2) is 0 Å². The van der Waals surface area contributed by atoms with Crippen LogP contribution < -0.4 is 4.90 Å². The molecule has 1 aromatic rings. The van der Waals surface area contributed by atoms with E-state index >= 15 is 0 Å². The topological polar surface area (TPSA) is 66.3 Å². The lowest BCUT2D eigenvalue weighted by atomic mass is 9.68. The molecule has 114 valence electrons. The van der Waals surface area contributed by atoms with Crippen molar-refractivity contribution in [3.8, 4) is 0 Å². The van der Waals surface area contributed by atoms with E-state index in [9.17, 15) is 9.90 Å². The van der Waals surface area contributed by atoms with Crippen LogP contribution in [0.4, 0.5) is 5.82 Å². The Hall–Kier alpha value is -1.65. The minimum atomic E-state index is -0.649. The Balaban J connectivity index is 1.87. The summed E-state index contributed by atoms with van der Waals surface area (Å²) in [6, 6.07) is 2.00. The zero-order valence-corrected chi connectivity index (χ0v) is 12.6. The highest BCUT2D eigenvalue weighted by molar-refractivity contribution is 5.73. The maximum Gasteiger partial charge on any atom is 0.308 e. The number of rotatable bonds is 3. The number of carbonyl (C=O) groups is 1. The molecule has 5 nitrogen and oxygen atoms in total. The average molecular weight is 289 g/mol. The van der Waals surface area contributed by atoms with Gasteiger partial charge in [0.1, 0.15) is 12.1 Å². The lowest BCUT2D eigenvalue weighted by molar-refractivity contribution is -0.145. The van der Waals surface area contributed by atoms with E-state index in [4.69, 9.17) is 0 Å². The first-order valence-electron chi connectivity index (χ1n) is 7.93. The predicted octanol–water partition coefficient (Wildman–Crippen LogP) is 2.51. The third-order valence-electron chi connectivity index (χ3n) is 5.19. The van der Waals surface area contributed by atoms with Crippen LogP contribution in [0.2, 0.25) is 0 Å². The van der Waals surface area contributed by atoms with Gasteiger partial charge in [-0.2, -0.15) is 0 Å². The van der Waals surface area contributed by atoms with Gasteiger partial charge in [-0.15, -0.1) is 0 Å². The molecule has 1 spiro atoms. The molecule has 0 amide bonds. The van der Waals surface area contributed by atoms with Gasteiger partial charge in [-0.25, -0.2) is 9.97 Å². The van der Waals surface area contributed by atoms with Crippen molar-refractivity contribution in [3.63, 3.8) is 0 Å². The second kappa shape index (κ2) is 5.62. The fraction of sp³-hybridized carbons (Fsp3) is 0.688. The second-order valence-electron chi connectivity index (χ2n) is 6.42. The molecule has 2 heterocycles. The molecule has 1 N–H and O–H groups in total. The summed E-state index contributed by atoms with van der Waals surface area (Å²) in [4.78, 5) is 22.5. The zero-order valence-electron chi connectivity index (χ0n) is 12.6.